The molecule has 0 spiro atoms. The molecule has 0 saturated heterocycles. The second kappa shape index (κ2) is 14.6. The van der Waals surface area contributed by atoms with Gasteiger partial charge in [0.25, 0.3) is 5.91 Å². The predicted molar refractivity (Wildman–Crippen MR) is 134 cm³/mol. The Morgan fingerprint density at radius 2 is 1.90 bits per heavy atom. The van der Waals surface area contributed by atoms with Crippen LogP contribution in [0.15, 0.2) is 48.7 Å². The lowest BCUT2D eigenvalue weighted by molar-refractivity contribution is 0.0954. The number of carbonyl (C=O) groups excluding carboxylic acids is 1. The summed E-state index contributed by atoms with van der Waals surface area (Å²) in [5, 5.41) is 4.14. The molecule has 166 valence electrons. The molecule has 0 atom stereocenters. The minimum atomic E-state index is 0. The Morgan fingerprint density at radius 1 is 1.13 bits per heavy atom. The highest BCUT2D eigenvalue weighted by Crippen LogP contribution is 2.24. The van der Waals surface area contributed by atoms with Crippen molar-refractivity contribution in [1.29, 1.82) is 0 Å². The van der Waals surface area contributed by atoms with Crippen molar-refractivity contribution in [3.05, 3.63) is 64.8 Å². The first-order valence-corrected chi connectivity index (χ1v) is 10.1. The van der Waals surface area contributed by atoms with Gasteiger partial charge in [-0.1, -0.05) is 24.3 Å². The van der Waals surface area contributed by atoms with Crippen molar-refractivity contribution in [3.63, 3.8) is 0 Å². The molecule has 0 aliphatic heterocycles. The number of pyridine rings is 1. The number of amides is 1. The molecule has 0 fully saturated rings. The summed E-state index contributed by atoms with van der Waals surface area (Å²) >= 11 is 1.54. The highest BCUT2D eigenvalue weighted by atomic mass is 35.5. The molecule has 0 aliphatic rings. The van der Waals surface area contributed by atoms with Crippen LogP contribution in [0, 0.1) is 0 Å². The van der Waals surface area contributed by atoms with Gasteiger partial charge >= 0.3 is 0 Å². The van der Waals surface area contributed by atoms with Crippen LogP contribution in [0.3, 0.4) is 0 Å². The van der Waals surface area contributed by atoms with Crippen molar-refractivity contribution in [2.45, 2.75) is 19.4 Å². The van der Waals surface area contributed by atoms with Gasteiger partial charge in [-0.3, -0.25) is 9.78 Å². The fourth-order valence-corrected chi connectivity index (χ4v) is 3.91. The molecule has 0 radical (unpaired) electrons. The Bertz CT molecular complexity index is 856. The van der Waals surface area contributed by atoms with Crippen LogP contribution in [0.1, 0.15) is 27.3 Å². The molecule has 30 heavy (non-hydrogen) atoms. The van der Waals surface area contributed by atoms with E-state index < -0.39 is 0 Å². The molecule has 3 rings (SSSR count). The highest BCUT2D eigenvalue weighted by Gasteiger charge is 2.09. The number of likely N-dealkylation sites (N-methyl/N-ethyl adjacent to an activating group) is 1. The van der Waals surface area contributed by atoms with Crippen LogP contribution in [0.25, 0.3) is 10.1 Å². The predicted octanol–water partition coefficient (Wildman–Crippen LogP) is 4.31. The Balaban J connectivity index is 0.00000280. The van der Waals surface area contributed by atoms with Crippen LogP contribution < -0.4 is 11.1 Å². The van der Waals surface area contributed by atoms with Crippen molar-refractivity contribution in [2.75, 3.05) is 26.7 Å². The van der Waals surface area contributed by atoms with Gasteiger partial charge in [0.05, 0.1) is 10.6 Å². The number of nitrogens with zero attached hydrogens (tertiary/aromatic N) is 2. The number of hydrogen-bond acceptors (Lipinski definition) is 5. The number of nitrogens with two attached hydrogens (primary N) is 1. The zero-order chi connectivity index (χ0) is 19.1. The molecule has 2 aromatic heterocycles. The van der Waals surface area contributed by atoms with Crippen molar-refractivity contribution >= 4 is 64.6 Å². The van der Waals surface area contributed by atoms with E-state index in [1.807, 2.05) is 42.6 Å². The average Bonchev–Trinajstić information content (AvgIpc) is 3.13. The van der Waals surface area contributed by atoms with Crippen molar-refractivity contribution in [1.82, 2.24) is 15.2 Å². The first-order chi connectivity index (χ1) is 13.2. The lowest BCUT2D eigenvalue weighted by atomic mass is 10.1. The molecule has 9 heteroatoms. The van der Waals surface area contributed by atoms with Gasteiger partial charge in [-0.05, 0) is 55.6 Å². The van der Waals surface area contributed by atoms with E-state index >= 15 is 0 Å². The summed E-state index contributed by atoms with van der Waals surface area (Å²) < 4.78 is 1.15. The van der Waals surface area contributed by atoms with E-state index in [9.17, 15) is 4.79 Å². The third-order valence-electron chi connectivity index (χ3n) is 4.53. The number of rotatable bonds is 9. The number of halogens is 3. The van der Waals surface area contributed by atoms with Gasteiger partial charge in [0.1, 0.15) is 0 Å². The van der Waals surface area contributed by atoms with Crippen molar-refractivity contribution < 1.29 is 4.79 Å². The fourth-order valence-electron chi connectivity index (χ4n) is 2.93. The van der Waals surface area contributed by atoms with Gasteiger partial charge in [-0.15, -0.1) is 48.6 Å². The molecule has 2 heterocycles. The summed E-state index contributed by atoms with van der Waals surface area (Å²) in [5.41, 5.74) is 7.72. The number of benzene rings is 1. The van der Waals surface area contributed by atoms with Gasteiger partial charge in [0.2, 0.25) is 0 Å². The second-order valence-corrected chi connectivity index (χ2v) is 7.76. The molecule has 0 unspecified atom stereocenters. The van der Waals surface area contributed by atoms with E-state index in [0.717, 1.165) is 46.6 Å². The first kappa shape index (κ1) is 28.6. The smallest absolute Gasteiger partial charge is 0.261 e. The van der Waals surface area contributed by atoms with Crippen molar-refractivity contribution in [3.8, 4) is 0 Å². The van der Waals surface area contributed by atoms with Crippen molar-refractivity contribution in [2.24, 2.45) is 5.73 Å². The molecule has 0 saturated carbocycles. The van der Waals surface area contributed by atoms with Gasteiger partial charge < -0.3 is 16.0 Å². The molecular formula is C21H29Cl3N4OS. The molecule has 1 amide bonds. The van der Waals surface area contributed by atoms with E-state index in [2.05, 4.69) is 28.3 Å². The Morgan fingerprint density at radius 3 is 2.57 bits per heavy atom. The summed E-state index contributed by atoms with van der Waals surface area (Å²) in [6.07, 6.45) is 3.97. The Labute approximate surface area is 200 Å². The molecule has 3 aromatic rings. The topological polar surface area (TPSA) is 71.2 Å². The Hall–Kier alpha value is -1.41. The average molecular weight is 492 g/mol. The number of aryl methyl sites for hydroxylation is 1. The molecule has 0 aliphatic carbocycles. The number of carbonyl (C=O) groups is 1. The number of aromatic nitrogens is 1. The number of fused-ring (bicyclic) bond motifs is 1. The van der Waals surface area contributed by atoms with Gasteiger partial charge in [-0.25, -0.2) is 0 Å². The minimum Gasteiger partial charge on any atom is -0.350 e. The maximum Gasteiger partial charge on any atom is 0.261 e. The Kier molecular flexibility index (Phi) is 13.9. The number of nitrogens with one attached hydrogen (secondary N) is 1. The quantitative estimate of drug-likeness (QED) is 0.468. The third-order valence-corrected chi connectivity index (χ3v) is 5.64. The van der Waals surface area contributed by atoms with E-state index in [1.165, 1.54) is 16.9 Å². The summed E-state index contributed by atoms with van der Waals surface area (Å²) in [6, 6.07) is 14.1. The van der Waals surface area contributed by atoms with E-state index in [1.54, 1.807) is 0 Å². The van der Waals surface area contributed by atoms with Crippen LogP contribution in [0.2, 0.25) is 0 Å². The molecular weight excluding hydrogens is 463 g/mol. The zero-order valence-electron chi connectivity index (χ0n) is 16.9. The molecule has 0 bridgehead atoms. The van der Waals surface area contributed by atoms with E-state index in [4.69, 9.17) is 5.73 Å². The van der Waals surface area contributed by atoms with Gasteiger partial charge in [0.15, 0.2) is 0 Å². The number of thiophene rings is 1. The minimum absolute atomic E-state index is 0. The SMILES string of the molecule is CN(CCCc1ccc(CN)nc1)CCNC(=O)c1cc2ccccc2s1.Cl.Cl.Cl. The van der Waals surface area contributed by atoms with Crippen LogP contribution in [0.4, 0.5) is 0 Å². The molecule has 5 nitrogen and oxygen atoms in total. The monoisotopic (exact) mass is 490 g/mol. The lowest BCUT2D eigenvalue weighted by Gasteiger charge is -2.16. The fraction of sp³-hybridized carbons (Fsp3) is 0.333. The van der Waals surface area contributed by atoms with Crippen LogP contribution in [-0.2, 0) is 13.0 Å². The van der Waals surface area contributed by atoms with Crippen LogP contribution in [0.5, 0.6) is 0 Å². The maximum atomic E-state index is 12.3. The van der Waals surface area contributed by atoms with E-state index in [0.29, 0.717) is 13.1 Å². The summed E-state index contributed by atoms with van der Waals surface area (Å²) in [7, 11) is 2.08. The standard InChI is InChI=1S/C21H26N4OS.3ClH/c1-25(11-4-5-16-8-9-18(14-22)24-15-16)12-10-23-21(26)20-13-17-6-2-3-7-19(17)27-20;;;/h2-3,6-9,13,15H,4-5,10-12,14,22H2,1H3,(H,23,26);3*1H. The van der Waals surface area contributed by atoms with Crippen LogP contribution in [-0.4, -0.2) is 42.5 Å². The lowest BCUT2D eigenvalue weighted by Crippen LogP contribution is -2.33. The zero-order valence-corrected chi connectivity index (χ0v) is 20.1. The normalized spacial score (nSPS) is 10.1. The van der Waals surface area contributed by atoms with E-state index in [-0.39, 0.29) is 43.1 Å². The van der Waals surface area contributed by atoms with Crippen LogP contribution >= 0.6 is 48.6 Å². The summed E-state index contributed by atoms with van der Waals surface area (Å²) in [4.78, 5) is 19.6. The third kappa shape index (κ3) is 8.38. The largest absolute Gasteiger partial charge is 0.350 e. The summed E-state index contributed by atoms with van der Waals surface area (Å²) in [6.45, 7) is 2.95. The maximum absolute atomic E-state index is 12.3. The van der Waals surface area contributed by atoms with Gasteiger partial charge in [-0.2, -0.15) is 0 Å². The molecule has 3 N–H and O–H groups in total. The van der Waals surface area contributed by atoms with Gasteiger partial charge in [0, 0.05) is 30.5 Å². The second-order valence-electron chi connectivity index (χ2n) is 6.67. The number of hydrogen-bond donors (Lipinski definition) is 2. The first-order valence-electron chi connectivity index (χ1n) is 9.25. The highest BCUT2D eigenvalue weighted by molar-refractivity contribution is 7.20. The molecule has 1 aromatic carbocycles. The summed E-state index contributed by atoms with van der Waals surface area (Å²) in [5.74, 6) is 0.00988.